The summed E-state index contributed by atoms with van der Waals surface area (Å²) in [6, 6.07) is 9.81. The molecule has 0 N–H and O–H groups in total. The standard InChI is InChI=1S/C22H28N4O3/c1-24(2)12-16-17-13-26(14-18(16)17)22(27)19-20(15-6-4-3-5-7-15)29-23-21(19)25-8-10-28-11-9-25/h3-7,16-18H,8-14H2,1-2H3. The number of aromatic nitrogens is 1. The number of piperidine rings is 1. The van der Waals surface area contributed by atoms with E-state index in [0.29, 0.717) is 42.2 Å². The minimum atomic E-state index is 0.0439. The quantitative estimate of drug-likeness (QED) is 0.771. The van der Waals surface area contributed by atoms with E-state index in [0.717, 1.165) is 44.2 Å². The van der Waals surface area contributed by atoms with Crippen LogP contribution in [0.3, 0.4) is 0 Å². The van der Waals surface area contributed by atoms with Gasteiger partial charge in [-0.05, 0) is 31.8 Å². The van der Waals surface area contributed by atoms with Gasteiger partial charge in [0.1, 0.15) is 5.56 Å². The summed E-state index contributed by atoms with van der Waals surface area (Å²) in [5.41, 5.74) is 1.49. The van der Waals surface area contributed by atoms with Gasteiger partial charge in [0.05, 0.1) is 13.2 Å². The molecule has 3 heterocycles. The number of benzene rings is 1. The summed E-state index contributed by atoms with van der Waals surface area (Å²) in [5, 5.41) is 4.33. The van der Waals surface area contributed by atoms with Gasteiger partial charge >= 0.3 is 0 Å². The lowest BCUT2D eigenvalue weighted by Crippen LogP contribution is -2.39. The number of carbonyl (C=O) groups excluding carboxylic acids is 1. The molecule has 1 amide bonds. The molecule has 0 bridgehead atoms. The zero-order valence-corrected chi connectivity index (χ0v) is 17.1. The summed E-state index contributed by atoms with van der Waals surface area (Å²) in [7, 11) is 4.24. The third-order valence-corrected chi connectivity index (χ3v) is 6.47. The molecule has 1 aromatic carbocycles. The minimum Gasteiger partial charge on any atom is -0.378 e. The number of nitrogens with zero attached hydrogens (tertiary/aromatic N) is 4. The van der Waals surface area contributed by atoms with Gasteiger partial charge in [0.25, 0.3) is 5.91 Å². The molecule has 0 radical (unpaired) electrons. The molecule has 2 atom stereocenters. The van der Waals surface area contributed by atoms with Crippen LogP contribution in [-0.4, -0.2) is 80.9 Å². The predicted octanol–water partition coefficient (Wildman–Crippen LogP) is 2.06. The monoisotopic (exact) mass is 396 g/mol. The molecule has 2 aromatic rings. The Bertz CT molecular complexity index is 863. The molecule has 1 aromatic heterocycles. The van der Waals surface area contributed by atoms with Gasteiger partial charge in [-0.25, -0.2) is 0 Å². The number of anilines is 1. The smallest absolute Gasteiger partial charge is 0.261 e. The van der Waals surface area contributed by atoms with Crippen LogP contribution in [0, 0.1) is 17.8 Å². The summed E-state index contributed by atoms with van der Waals surface area (Å²) in [5.74, 6) is 3.26. The first-order valence-electron chi connectivity index (χ1n) is 10.4. The fourth-order valence-electron chi connectivity index (χ4n) is 4.92. The van der Waals surface area contributed by atoms with E-state index >= 15 is 0 Å². The van der Waals surface area contributed by atoms with E-state index in [9.17, 15) is 4.79 Å². The number of hydrogen-bond acceptors (Lipinski definition) is 6. The van der Waals surface area contributed by atoms with Crippen LogP contribution in [0.2, 0.25) is 0 Å². The third-order valence-electron chi connectivity index (χ3n) is 6.47. The summed E-state index contributed by atoms with van der Waals surface area (Å²) in [4.78, 5) is 20.0. The van der Waals surface area contributed by atoms with Crippen molar-refractivity contribution in [3.63, 3.8) is 0 Å². The third kappa shape index (κ3) is 3.42. The molecule has 7 nitrogen and oxygen atoms in total. The van der Waals surface area contributed by atoms with Crippen LogP contribution in [0.1, 0.15) is 10.4 Å². The van der Waals surface area contributed by atoms with Gasteiger partial charge in [-0.2, -0.15) is 0 Å². The number of amides is 1. The maximum Gasteiger partial charge on any atom is 0.261 e. The van der Waals surface area contributed by atoms with E-state index in [-0.39, 0.29) is 5.91 Å². The number of fused-ring (bicyclic) bond motifs is 1. The first-order valence-corrected chi connectivity index (χ1v) is 10.4. The number of likely N-dealkylation sites (tertiary alicyclic amines) is 1. The van der Waals surface area contributed by atoms with Crippen molar-refractivity contribution in [2.24, 2.45) is 17.8 Å². The number of ether oxygens (including phenoxy) is 1. The molecule has 29 heavy (non-hydrogen) atoms. The van der Waals surface area contributed by atoms with Crippen LogP contribution in [0.15, 0.2) is 34.9 Å². The lowest BCUT2D eigenvalue weighted by Gasteiger charge is -2.28. The molecule has 2 saturated heterocycles. The highest BCUT2D eigenvalue weighted by atomic mass is 16.5. The molecule has 1 aliphatic carbocycles. The highest BCUT2D eigenvalue weighted by Crippen LogP contribution is 2.52. The molecule has 2 unspecified atom stereocenters. The lowest BCUT2D eigenvalue weighted by atomic mass is 10.1. The second kappa shape index (κ2) is 7.46. The Morgan fingerprint density at radius 2 is 1.83 bits per heavy atom. The van der Waals surface area contributed by atoms with Crippen LogP contribution in [-0.2, 0) is 4.74 Å². The van der Waals surface area contributed by atoms with Crippen LogP contribution in [0.4, 0.5) is 5.82 Å². The second-order valence-corrected chi connectivity index (χ2v) is 8.64. The van der Waals surface area contributed by atoms with Crippen molar-refractivity contribution in [1.82, 2.24) is 15.0 Å². The summed E-state index contributed by atoms with van der Waals surface area (Å²) >= 11 is 0. The topological polar surface area (TPSA) is 62.0 Å². The van der Waals surface area contributed by atoms with Crippen LogP contribution < -0.4 is 4.90 Å². The summed E-state index contributed by atoms with van der Waals surface area (Å²) in [6.07, 6.45) is 0. The predicted molar refractivity (Wildman–Crippen MR) is 110 cm³/mol. The SMILES string of the molecule is CN(C)CC1C2CN(C(=O)c3c(N4CCOCC4)noc3-c3ccccc3)CC12. The fourth-order valence-corrected chi connectivity index (χ4v) is 4.92. The van der Waals surface area contributed by atoms with Crippen molar-refractivity contribution in [1.29, 1.82) is 0 Å². The van der Waals surface area contributed by atoms with Crippen molar-refractivity contribution in [3.05, 3.63) is 35.9 Å². The van der Waals surface area contributed by atoms with Crippen LogP contribution >= 0.6 is 0 Å². The van der Waals surface area contributed by atoms with Crippen LogP contribution in [0.25, 0.3) is 11.3 Å². The zero-order chi connectivity index (χ0) is 20.0. The average molecular weight is 396 g/mol. The summed E-state index contributed by atoms with van der Waals surface area (Å²) in [6.45, 7) is 5.50. The molecule has 0 spiro atoms. The second-order valence-electron chi connectivity index (χ2n) is 8.64. The number of rotatable bonds is 5. The first-order chi connectivity index (χ1) is 14.1. The molecule has 5 rings (SSSR count). The molecule has 2 aliphatic heterocycles. The molecule has 154 valence electrons. The molecular weight excluding hydrogens is 368 g/mol. The Morgan fingerprint density at radius 3 is 2.48 bits per heavy atom. The van der Waals surface area contributed by atoms with Gasteiger partial charge in [-0.3, -0.25) is 4.79 Å². The maximum absolute atomic E-state index is 13.6. The van der Waals surface area contributed by atoms with E-state index in [4.69, 9.17) is 9.26 Å². The number of carbonyl (C=O) groups is 1. The zero-order valence-electron chi connectivity index (χ0n) is 17.1. The van der Waals surface area contributed by atoms with Crippen molar-refractivity contribution in [2.45, 2.75) is 0 Å². The molecular formula is C22H28N4O3. The Labute approximate surface area is 171 Å². The average Bonchev–Trinajstić information content (AvgIpc) is 3.13. The van der Waals surface area contributed by atoms with E-state index in [1.165, 1.54) is 0 Å². The Balaban J connectivity index is 1.42. The van der Waals surface area contributed by atoms with Gasteiger partial charge in [-0.1, -0.05) is 35.5 Å². The number of hydrogen-bond donors (Lipinski definition) is 0. The van der Waals surface area contributed by atoms with E-state index in [2.05, 4.69) is 29.1 Å². The van der Waals surface area contributed by atoms with Crippen molar-refractivity contribution >= 4 is 11.7 Å². The first kappa shape index (κ1) is 18.6. The Kier molecular flexibility index (Phi) is 4.80. The molecule has 3 fully saturated rings. The van der Waals surface area contributed by atoms with Gasteiger partial charge < -0.3 is 24.0 Å². The van der Waals surface area contributed by atoms with Gasteiger partial charge in [0, 0.05) is 38.3 Å². The lowest BCUT2D eigenvalue weighted by molar-refractivity contribution is 0.0765. The van der Waals surface area contributed by atoms with Gasteiger partial charge in [-0.15, -0.1) is 0 Å². The fraction of sp³-hybridized carbons (Fsp3) is 0.545. The Hall–Kier alpha value is -2.38. The van der Waals surface area contributed by atoms with Crippen molar-refractivity contribution in [3.8, 4) is 11.3 Å². The van der Waals surface area contributed by atoms with Crippen molar-refractivity contribution < 1.29 is 14.1 Å². The van der Waals surface area contributed by atoms with Crippen LogP contribution in [0.5, 0.6) is 0 Å². The highest BCUT2D eigenvalue weighted by Gasteiger charge is 2.56. The van der Waals surface area contributed by atoms with Gasteiger partial charge in [0.15, 0.2) is 11.6 Å². The van der Waals surface area contributed by atoms with Gasteiger partial charge in [0.2, 0.25) is 0 Å². The highest BCUT2D eigenvalue weighted by molar-refractivity contribution is 6.04. The van der Waals surface area contributed by atoms with E-state index < -0.39 is 0 Å². The van der Waals surface area contributed by atoms with E-state index in [1.807, 2.05) is 35.2 Å². The number of morpholine rings is 1. The maximum atomic E-state index is 13.6. The molecule has 1 saturated carbocycles. The Morgan fingerprint density at radius 1 is 1.14 bits per heavy atom. The largest absolute Gasteiger partial charge is 0.378 e. The van der Waals surface area contributed by atoms with E-state index in [1.54, 1.807) is 0 Å². The molecule has 3 aliphatic rings. The normalized spacial score (nSPS) is 26.1. The van der Waals surface area contributed by atoms with Crippen molar-refractivity contribution in [2.75, 3.05) is 64.9 Å². The minimum absolute atomic E-state index is 0.0439. The molecule has 7 heteroatoms. The summed E-state index contributed by atoms with van der Waals surface area (Å²) < 4.78 is 11.2.